The highest BCUT2D eigenvalue weighted by Gasteiger charge is 2.39. The molecule has 2 saturated carbocycles. The van der Waals surface area contributed by atoms with Crippen molar-refractivity contribution in [2.75, 3.05) is 46.2 Å². The molecule has 2 aliphatic carbocycles. The number of hydrogen-bond acceptors (Lipinski definition) is 11. The Kier molecular flexibility index (Phi) is 14.1. The lowest BCUT2D eigenvalue weighted by Gasteiger charge is -2.39. The summed E-state index contributed by atoms with van der Waals surface area (Å²) < 4.78 is 43.1. The minimum atomic E-state index is -0.574. The zero-order valence-electron chi connectivity index (χ0n) is 38.3. The fraction of sp³-hybridized carbons (Fsp3) is 0.577. The quantitative estimate of drug-likeness (QED) is 0.298. The number of ether oxygens (including phenoxy) is 7. The average Bonchev–Trinajstić information content (AvgIpc) is 3.39. The molecule has 2 unspecified atom stereocenters. The Morgan fingerprint density at radius 1 is 0.657 bits per heavy atom. The van der Waals surface area contributed by atoms with E-state index in [1.54, 1.807) is 22.3 Å². The van der Waals surface area contributed by atoms with Crippen molar-refractivity contribution in [3.63, 3.8) is 0 Å². The fourth-order valence-corrected chi connectivity index (χ4v) is 11.1. The van der Waals surface area contributed by atoms with Gasteiger partial charge in [-0.05, 0) is 137 Å². The van der Waals surface area contributed by atoms with Crippen LogP contribution in [0.2, 0.25) is 0 Å². The van der Waals surface area contributed by atoms with Crippen LogP contribution in [-0.2, 0) is 42.9 Å². The van der Waals surface area contributed by atoms with Crippen LogP contribution in [0.5, 0.6) is 11.5 Å². The normalized spacial score (nSPS) is 32.1. The maximum Gasteiger partial charge on any atom is 0.275 e. The summed E-state index contributed by atoms with van der Waals surface area (Å²) in [5.74, 6) is 0.482. The highest BCUT2D eigenvalue weighted by molar-refractivity contribution is 6.10. The second-order valence-electron chi connectivity index (χ2n) is 19.1. The average molecular weight is 919 g/mol. The Labute approximate surface area is 391 Å². The van der Waals surface area contributed by atoms with Crippen LogP contribution in [0.3, 0.4) is 0 Å². The molecule has 2 aromatic carbocycles. The topological polar surface area (TPSA) is 164 Å². The molecule has 8 heterocycles. The zero-order chi connectivity index (χ0) is 45.7. The van der Waals surface area contributed by atoms with Gasteiger partial charge in [0.05, 0.1) is 62.0 Å². The maximum atomic E-state index is 14.9. The van der Waals surface area contributed by atoms with Crippen LogP contribution in [0, 0.1) is 0 Å². The van der Waals surface area contributed by atoms with Crippen LogP contribution in [0.4, 0.5) is 0 Å². The Morgan fingerprint density at radius 3 is 2.12 bits per heavy atom. The number of aliphatic imine (C=N–C) groups is 2. The van der Waals surface area contributed by atoms with Gasteiger partial charge in [-0.25, -0.2) is 9.98 Å². The summed E-state index contributed by atoms with van der Waals surface area (Å²) in [6, 6.07) is 13.6. The maximum absolute atomic E-state index is 14.9. The van der Waals surface area contributed by atoms with E-state index in [9.17, 15) is 19.2 Å². The summed E-state index contributed by atoms with van der Waals surface area (Å²) in [6.45, 7) is 1.70. The predicted molar refractivity (Wildman–Crippen MR) is 246 cm³/mol. The van der Waals surface area contributed by atoms with Crippen molar-refractivity contribution in [1.29, 1.82) is 0 Å². The molecule has 0 N–H and O–H groups in total. The summed E-state index contributed by atoms with van der Waals surface area (Å²) in [4.78, 5) is 68.7. The number of amides is 4. The molecule has 2 aromatic rings. The zero-order valence-corrected chi connectivity index (χ0v) is 38.3. The second-order valence-corrected chi connectivity index (χ2v) is 19.1. The summed E-state index contributed by atoms with van der Waals surface area (Å²) in [6.07, 6.45) is 13.6. The number of carbonyl (C=O) groups is 4. The van der Waals surface area contributed by atoms with E-state index in [-0.39, 0.29) is 61.4 Å². The van der Waals surface area contributed by atoms with Crippen LogP contribution in [0.25, 0.3) is 0 Å². The number of benzene rings is 2. The highest BCUT2D eigenvalue weighted by atomic mass is 16.6. The number of nitrogens with zero attached hydrogens (tertiary/aromatic N) is 4. The Balaban J connectivity index is 0.975. The number of fused-ring (bicyclic) bond motifs is 10. The van der Waals surface area contributed by atoms with Gasteiger partial charge in [-0.2, -0.15) is 0 Å². The van der Waals surface area contributed by atoms with Gasteiger partial charge < -0.3 is 38.1 Å². The largest absolute Gasteiger partial charge is 0.496 e. The molecular formula is C52H62N4O11. The van der Waals surface area contributed by atoms with Crippen molar-refractivity contribution >= 4 is 35.1 Å². The number of carbonyl (C=O) groups excluding carboxylic acids is 4. The standard InChI is InChI=1S/C52H62N4O11/c57-49(27-38-28-61-24-25-62-38)53-42-20-21-43(56-45(42)30-65-37-15-10-33(11-16-37)39-6-1-2-8-46(39)66-32-51(56)59)35-14-19-40-34-12-17-36(18-13-34)64-29-44-41(54-52(60)47-9-3-4-23-63-47)7-5-22-55(44)50(58)31-67-48(40)26-35/h1-2,6,8,14,19,26,29-30,33-34,36-38,43,47H,3-5,7,9-13,15-18,20-25,27-28,31-32H2/b44-29-,45-30-,53-42?,54-41?/t33?,34?,36?,37?,38-,43?,47?/m1/s1. The monoisotopic (exact) mass is 918 g/mol. The van der Waals surface area contributed by atoms with Crippen LogP contribution >= 0.6 is 0 Å². The van der Waals surface area contributed by atoms with Gasteiger partial charge >= 0.3 is 0 Å². The smallest absolute Gasteiger partial charge is 0.275 e. The molecule has 4 bridgehead atoms. The third-order valence-electron chi connectivity index (χ3n) is 14.7. The molecule has 0 aromatic heterocycles. The summed E-state index contributed by atoms with van der Waals surface area (Å²) in [5.41, 5.74) is 4.85. The molecule has 3 atom stereocenters. The van der Waals surface area contributed by atoms with Gasteiger partial charge in [0.1, 0.15) is 41.5 Å². The number of rotatable bonds is 4. The molecular weight excluding hydrogens is 857 g/mol. The summed E-state index contributed by atoms with van der Waals surface area (Å²) in [7, 11) is 0. The van der Waals surface area contributed by atoms with E-state index < -0.39 is 18.2 Å². The molecule has 10 aliphatic rings. The summed E-state index contributed by atoms with van der Waals surface area (Å²) in [5, 5.41) is 0. The molecule has 356 valence electrons. The number of piperidine rings is 2. The van der Waals surface area contributed by atoms with Crippen molar-refractivity contribution in [2.45, 2.75) is 145 Å². The highest BCUT2D eigenvalue weighted by Crippen LogP contribution is 2.44. The van der Waals surface area contributed by atoms with E-state index in [0.29, 0.717) is 105 Å². The van der Waals surface area contributed by atoms with Crippen molar-refractivity contribution in [3.05, 3.63) is 83.1 Å². The van der Waals surface area contributed by atoms with Crippen LogP contribution in [0.15, 0.2) is 76.4 Å². The van der Waals surface area contributed by atoms with Crippen LogP contribution in [-0.4, -0.2) is 115 Å². The Hall–Kier alpha value is -5.38. The van der Waals surface area contributed by atoms with Crippen molar-refractivity contribution < 1.29 is 52.3 Å². The van der Waals surface area contributed by atoms with Crippen molar-refractivity contribution in [2.24, 2.45) is 9.98 Å². The van der Waals surface area contributed by atoms with Gasteiger partial charge in [0.15, 0.2) is 13.2 Å². The van der Waals surface area contributed by atoms with Gasteiger partial charge in [0.2, 0.25) is 5.91 Å². The molecule has 15 heteroatoms. The lowest BCUT2D eigenvalue weighted by Crippen LogP contribution is -2.43. The SMILES string of the molecule is O=C(C[C@@H]1COCCO1)N=C1CCC(c2ccc3c(c2)OCC(=O)N2CCCC(=NC(=O)C4CCCCO4)/C2=C/OC2CCC3CC2)N2C(=O)COc3ccccc3C3CCC(CC3)O/C=C/12. The van der Waals surface area contributed by atoms with Gasteiger partial charge in [-0.1, -0.05) is 30.3 Å². The van der Waals surface area contributed by atoms with Crippen LogP contribution in [0.1, 0.15) is 137 Å². The number of hydrogen-bond donors (Lipinski definition) is 0. The summed E-state index contributed by atoms with van der Waals surface area (Å²) >= 11 is 0. The lowest BCUT2D eigenvalue weighted by atomic mass is 9.81. The molecule has 4 saturated heterocycles. The van der Waals surface area contributed by atoms with Crippen molar-refractivity contribution in [1.82, 2.24) is 9.80 Å². The number of para-hydroxylation sites is 1. The van der Waals surface area contributed by atoms with E-state index in [1.165, 1.54) is 0 Å². The Bertz CT molecular complexity index is 2300. The first-order valence-corrected chi connectivity index (χ1v) is 24.7. The first kappa shape index (κ1) is 45.4. The minimum Gasteiger partial charge on any atom is -0.496 e. The molecule has 8 aliphatic heterocycles. The van der Waals surface area contributed by atoms with Gasteiger partial charge in [-0.3, -0.25) is 24.1 Å². The molecule has 6 fully saturated rings. The predicted octanol–water partition coefficient (Wildman–Crippen LogP) is 7.54. The van der Waals surface area contributed by atoms with Crippen molar-refractivity contribution in [3.8, 4) is 11.5 Å². The minimum absolute atomic E-state index is 0.0555. The molecule has 0 radical (unpaired) electrons. The van der Waals surface area contributed by atoms with E-state index in [1.807, 2.05) is 24.3 Å². The van der Waals surface area contributed by atoms with Gasteiger partial charge in [-0.15, -0.1) is 0 Å². The molecule has 67 heavy (non-hydrogen) atoms. The third kappa shape index (κ3) is 10.4. The van der Waals surface area contributed by atoms with Gasteiger partial charge in [0.25, 0.3) is 17.7 Å². The fourth-order valence-electron chi connectivity index (χ4n) is 11.1. The first-order valence-electron chi connectivity index (χ1n) is 24.7. The second kappa shape index (κ2) is 20.9. The van der Waals surface area contributed by atoms with Gasteiger partial charge in [0, 0.05) is 13.2 Å². The molecule has 4 amide bonds. The van der Waals surface area contributed by atoms with Crippen LogP contribution < -0.4 is 9.47 Å². The molecule has 12 rings (SSSR count). The van der Waals surface area contributed by atoms with E-state index in [2.05, 4.69) is 28.2 Å². The third-order valence-corrected chi connectivity index (χ3v) is 14.7. The van der Waals surface area contributed by atoms with E-state index >= 15 is 0 Å². The molecule has 0 spiro atoms. The molecule has 15 nitrogen and oxygen atoms in total. The first-order chi connectivity index (χ1) is 32.8. The Morgan fingerprint density at radius 2 is 1.37 bits per heavy atom. The van der Waals surface area contributed by atoms with E-state index in [0.717, 1.165) is 80.9 Å². The number of allylic oxidation sites excluding steroid dienone is 2. The lowest BCUT2D eigenvalue weighted by molar-refractivity contribution is -0.134. The van der Waals surface area contributed by atoms with E-state index in [4.69, 9.17) is 33.2 Å².